The van der Waals surface area contributed by atoms with Gasteiger partial charge in [0.1, 0.15) is 0 Å². The highest BCUT2D eigenvalue weighted by Crippen LogP contribution is 2.69. The summed E-state index contributed by atoms with van der Waals surface area (Å²) in [6.07, 6.45) is 20.1. The number of rotatable bonds is 44. The first-order chi connectivity index (χ1) is 43.5. The van der Waals surface area contributed by atoms with Crippen molar-refractivity contribution >= 4 is 29.8 Å². The SMILES string of the molecule is C.CCCCCCCCN(CCC[C@@H](C)[C@H]1CC[C@H]2C3[C@H](OCCCN)C[C@@H]4C[C@H](OCCCN)CC[C@]4(C)[C@H]3C[C@H](OCCCN)[C@]12C)C(=O)NCCOCCOCCOCCNC(=O)CN1CCN(CC(=O)O)CCN(CC(=O)O)CCN(CC(=O)O)CC1. The smallest absolute Gasteiger partial charge is 0.317 e. The lowest BCUT2D eigenvalue weighted by atomic mass is 9.43. The fourth-order valence-corrected chi connectivity index (χ4v) is 16.0. The average molecular weight is 1300 g/mol. The van der Waals surface area contributed by atoms with Gasteiger partial charge in [-0.25, -0.2) is 4.79 Å². The van der Waals surface area contributed by atoms with Crippen molar-refractivity contribution in [1.82, 2.24) is 35.1 Å². The molecule has 1 heterocycles. The van der Waals surface area contributed by atoms with Crippen LogP contribution in [-0.2, 0) is 47.6 Å². The van der Waals surface area contributed by atoms with Crippen LogP contribution in [0.15, 0.2) is 0 Å². The van der Waals surface area contributed by atoms with Gasteiger partial charge in [-0.15, -0.1) is 0 Å². The Labute approximate surface area is 547 Å². The van der Waals surface area contributed by atoms with Crippen molar-refractivity contribution in [3.63, 3.8) is 0 Å². The molecule has 5 aliphatic rings. The maximum absolute atomic E-state index is 13.9. The Hall–Kier alpha value is -3.37. The second-order valence-corrected chi connectivity index (χ2v) is 27.1. The van der Waals surface area contributed by atoms with Crippen LogP contribution in [0, 0.1) is 46.3 Å². The van der Waals surface area contributed by atoms with Gasteiger partial charge in [0.25, 0.3) is 0 Å². The van der Waals surface area contributed by atoms with E-state index in [-0.39, 0.29) is 87.8 Å². The molecule has 3 amide bonds. The molecule has 4 saturated carbocycles. The molecule has 0 aromatic rings. The number of nitrogens with zero attached hydrogens (tertiary/aromatic N) is 5. The zero-order chi connectivity index (χ0) is 65.2. The van der Waals surface area contributed by atoms with E-state index >= 15 is 0 Å². The molecule has 11 N–H and O–H groups in total. The van der Waals surface area contributed by atoms with Crippen molar-refractivity contribution in [1.29, 1.82) is 0 Å². The summed E-state index contributed by atoms with van der Waals surface area (Å²) in [6.45, 7) is 19.9. The number of aliphatic carboxylic acids is 3. The van der Waals surface area contributed by atoms with Crippen LogP contribution in [0.5, 0.6) is 0 Å². The van der Waals surface area contributed by atoms with Gasteiger partial charge in [0.2, 0.25) is 5.91 Å². The van der Waals surface area contributed by atoms with Gasteiger partial charge < -0.3 is 76.5 Å². The lowest BCUT2D eigenvalue weighted by Gasteiger charge is -2.65. The monoisotopic (exact) mass is 1300 g/mol. The zero-order valence-corrected chi connectivity index (χ0v) is 56.0. The molecule has 0 bridgehead atoms. The number of carbonyl (C=O) groups excluding carboxylic acids is 2. The van der Waals surface area contributed by atoms with Crippen LogP contribution in [0.2, 0.25) is 0 Å². The van der Waals surface area contributed by atoms with Crippen molar-refractivity contribution in [2.75, 3.05) is 184 Å². The van der Waals surface area contributed by atoms with Crippen molar-refractivity contribution in [2.45, 2.75) is 169 Å². The van der Waals surface area contributed by atoms with Crippen molar-refractivity contribution < 1.29 is 67.7 Å². The molecule has 91 heavy (non-hydrogen) atoms. The van der Waals surface area contributed by atoms with Crippen LogP contribution in [0.4, 0.5) is 4.79 Å². The Balaban J connectivity index is 0.0000177. The summed E-state index contributed by atoms with van der Waals surface area (Å²) in [6, 6.07) is -0.0405. The van der Waals surface area contributed by atoms with E-state index < -0.39 is 17.9 Å². The molecule has 1 saturated heterocycles. The summed E-state index contributed by atoms with van der Waals surface area (Å²) in [5.74, 6) is -0.299. The van der Waals surface area contributed by atoms with Crippen LogP contribution >= 0.6 is 0 Å². The van der Waals surface area contributed by atoms with Crippen LogP contribution in [0.1, 0.15) is 151 Å². The van der Waals surface area contributed by atoms with E-state index in [2.05, 4.69) is 38.3 Å². The van der Waals surface area contributed by atoms with Crippen LogP contribution in [-0.4, -0.2) is 272 Å². The summed E-state index contributed by atoms with van der Waals surface area (Å²) in [4.78, 5) is 70.7. The van der Waals surface area contributed by atoms with E-state index in [0.717, 1.165) is 83.8 Å². The molecule has 24 nitrogen and oxygen atoms in total. The number of carboxylic acid groups (broad SMARTS) is 3. The van der Waals surface area contributed by atoms with Gasteiger partial charge in [-0.05, 0) is 144 Å². The molecule has 0 spiro atoms. The molecule has 11 atom stereocenters. The Morgan fingerprint density at radius 2 is 1.05 bits per heavy atom. The summed E-state index contributed by atoms with van der Waals surface area (Å²) in [7, 11) is 0. The molecule has 5 fully saturated rings. The molecular formula is C67H128N10O14. The zero-order valence-electron chi connectivity index (χ0n) is 56.0. The van der Waals surface area contributed by atoms with Gasteiger partial charge in [-0.1, -0.05) is 67.2 Å². The fourth-order valence-electron chi connectivity index (χ4n) is 16.0. The highest BCUT2D eigenvalue weighted by atomic mass is 16.5. The first kappa shape index (κ1) is 80.1. The van der Waals surface area contributed by atoms with Crippen LogP contribution in [0.3, 0.4) is 0 Å². The third kappa shape index (κ3) is 27.3. The summed E-state index contributed by atoms with van der Waals surface area (Å²) < 4.78 is 37.8. The highest BCUT2D eigenvalue weighted by Gasteiger charge is 2.66. The van der Waals surface area contributed by atoms with E-state index in [1.54, 1.807) is 14.7 Å². The predicted octanol–water partition coefficient (Wildman–Crippen LogP) is 5.13. The summed E-state index contributed by atoms with van der Waals surface area (Å²) in [5.41, 5.74) is 18.2. The van der Waals surface area contributed by atoms with Crippen LogP contribution in [0.25, 0.3) is 0 Å². The number of carbonyl (C=O) groups is 5. The Morgan fingerprint density at radius 3 is 1.60 bits per heavy atom. The van der Waals surface area contributed by atoms with Crippen molar-refractivity contribution in [2.24, 2.45) is 63.5 Å². The molecule has 24 heteroatoms. The first-order valence-electron chi connectivity index (χ1n) is 35.0. The first-order valence-corrected chi connectivity index (χ1v) is 35.0. The topological polar surface area (TPSA) is 320 Å². The normalized spacial score (nSPS) is 27.3. The number of carboxylic acids is 3. The standard InChI is InChI=1S/C66H124N10O14.CH4/c1-5-6-7-8-9-10-25-76(26-11-15-51(2)54-16-17-55-63-56(46-58(66(54,55)4)90-37-14-22-69)65(3)19-18-53(88-35-12-20-67)44-52(65)45-57(63)89-36-13-21-68)64(84)71-24-39-86-41-43-87-42-40-85-38-23-70-59(77)47-72-27-29-73(48-60(78)79)31-33-75(50-62(82)83)34-32-74(30-28-72)49-61(80)81;/h51-58,63H,5-50,67-69H2,1-4H3,(H,70,77)(H,71,84)(H,78,79)(H,80,81)(H,82,83);1H4/t51-,52+,53-,54-,55+,56+,57-,58+,63?,65+,66-;/m1./s1. The molecular weight excluding hydrogens is 1170 g/mol. The van der Waals surface area contributed by atoms with Gasteiger partial charge in [-0.2, -0.15) is 0 Å². The number of hydrogen-bond donors (Lipinski definition) is 8. The Kier molecular flexibility index (Phi) is 39.1. The fraction of sp³-hybridized carbons (Fsp3) is 0.925. The highest BCUT2D eigenvalue weighted by molar-refractivity contribution is 5.78. The summed E-state index contributed by atoms with van der Waals surface area (Å²) in [5, 5.41) is 34.5. The Bertz CT molecular complexity index is 2010. The average Bonchev–Trinajstić information content (AvgIpc) is 1.68. The third-order valence-electron chi connectivity index (χ3n) is 20.9. The lowest BCUT2D eigenvalue weighted by molar-refractivity contribution is -0.227. The van der Waals surface area contributed by atoms with E-state index in [4.69, 9.17) is 45.6 Å². The van der Waals surface area contributed by atoms with E-state index in [1.165, 1.54) is 44.9 Å². The van der Waals surface area contributed by atoms with E-state index in [1.807, 2.05) is 9.80 Å². The number of nitrogens with one attached hydrogen (secondary N) is 2. The second kappa shape index (κ2) is 44.4. The predicted molar refractivity (Wildman–Crippen MR) is 354 cm³/mol. The molecule has 0 aromatic carbocycles. The minimum absolute atomic E-state index is 0. The number of unbranched alkanes of at least 4 members (excludes halogenated alkanes) is 5. The number of hydrogen-bond acceptors (Lipinski definition) is 18. The van der Waals surface area contributed by atoms with Gasteiger partial charge in [-0.3, -0.25) is 38.8 Å². The molecule has 0 aromatic heterocycles. The maximum atomic E-state index is 13.9. The number of fused-ring (bicyclic) bond motifs is 5. The quantitative estimate of drug-likeness (QED) is 0.0367. The van der Waals surface area contributed by atoms with Gasteiger partial charge in [0.05, 0.1) is 84.1 Å². The van der Waals surface area contributed by atoms with Crippen molar-refractivity contribution in [3.8, 4) is 0 Å². The maximum Gasteiger partial charge on any atom is 0.317 e. The molecule has 530 valence electrons. The molecule has 1 unspecified atom stereocenters. The number of urea groups is 1. The molecule has 4 aliphatic carbocycles. The number of ether oxygens (including phenoxy) is 6. The van der Waals surface area contributed by atoms with Gasteiger partial charge >= 0.3 is 23.9 Å². The largest absolute Gasteiger partial charge is 0.480 e. The molecule has 1 aliphatic heterocycles. The van der Waals surface area contributed by atoms with Crippen molar-refractivity contribution in [3.05, 3.63) is 0 Å². The lowest BCUT2D eigenvalue weighted by Crippen LogP contribution is -2.63. The molecule has 0 radical (unpaired) electrons. The number of amides is 3. The third-order valence-corrected chi connectivity index (χ3v) is 20.9. The summed E-state index contributed by atoms with van der Waals surface area (Å²) >= 11 is 0. The van der Waals surface area contributed by atoms with E-state index in [9.17, 15) is 39.3 Å². The van der Waals surface area contributed by atoms with Gasteiger partial charge in [0, 0.05) is 104 Å². The Morgan fingerprint density at radius 1 is 0.560 bits per heavy atom. The molecule has 5 rings (SSSR count). The minimum Gasteiger partial charge on any atom is -0.480 e. The second-order valence-electron chi connectivity index (χ2n) is 27.1. The van der Waals surface area contributed by atoms with Crippen LogP contribution < -0.4 is 27.8 Å². The number of nitrogens with two attached hydrogens (primary N) is 3. The minimum atomic E-state index is -1.02. The van der Waals surface area contributed by atoms with E-state index in [0.29, 0.717) is 167 Å². The van der Waals surface area contributed by atoms with Gasteiger partial charge in [0.15, 0.2) is 0 Å².